The Bertz CT molecular complexity index is 1400. The molecule has 44 heavy (non-hydrogen) atoms. The predicted molar refractivity (Wildman–Crippen MR) is 169 cm³/mol. The van der Waals surface area contributed by atoms with Gasteiger partial charge in [0.1, 0.15) is 24.3 Å². The third-order valence-electron chi connectivity index (χ3n) is 9.16. The Kier molecular flexibility index (Phi) is 10.6. The summed E-state index contributed by atoms with van der Waals surface area (Å²) in [4.78, 5) is 40.4. The van der Waals surface area contributed by atoms with Crippen LogP contribution in [0.3, 0.4) is 0 Å². The molecular weight excluding hydrogens is 682 g/mol. The summed E-state index contributed by atoms with van der Waals surface area (Å²) in [5.74, 6) is 1.06. The molecule has 2 saturated carbocycles. The average Bonchev–Trinajstić information content (AvgIpc) is 3.65. The standard InChI is InChI=1S/C33H38FIN2O7/c1-43-29-13-21(18-39)12-26(35)32(29)44-28-15-24(33(42)36-8-9-38)14-27(31(28)41)37(17-19-3-6-25(34)7-4-19)30(40)16-23-11-20-2-5-22(23)10-20/h3-4,6-7,12-13,15,18,20,22-23,27-28,31,38,41H,2,5,8-11,14,16-17H2,1H3,(H,36,42). The fraction of sp³-hybridized carbons (Fsp3) is 0.485. The summed E-state index contributed by atoms with van der Waals surface area (Å²) in [5, 5.41) is 23.8. The molecule has 2 fully saturated rings. The van der Waals surface area contributed by atoms with Crippen LogP contribution in [0.15, 0.2) is 48.0 Å². The van der Waals surface area contributed by atoms with E-state index in [-0.39, 0.29) is 49.4 Å². The monoisotopic (exact) mass is 720 g/mol. The lowest BCUT2D eigenvalue weighted by atomic mass is 9.84. The normalized spacial score (nSPS) is 25.7. The summed E-state index contributed by atoms with van der Waals surface area (Å²) in [6.45, 7) is -0.0900. The second-order valence-electron chi connectivity index (χ2n) is 12.0. The van der Waals surface area contributed by atoms with Gasteiger partial charge in [0, 0.05) is 37.1 Å². The highest BCUT2D eigenvalue weighted by molar-refractivity contribution is 14.1. The van der Waals surface area contributed by atoms with Crippen LogP contribution in [0.4, 0.5) is 4.39 Å². The number of carbonyl (C=O) groups excluding carboxylic acids is 3. The number of hydrogen-bond acceptors (Lipinski definition) is 7. The van der Waals surface area contributed by atoms with Crippen LogP contribution in [0.1, 0.15) is 54.4 Å². The summed E-state index contributed by atoms with van der Waals surface area (Å²) in [6, 6.07) is 8.20. The Balaban J connectivity index is 1.49. The molecule has 2 bridgehead atoms. The molecule has 11 heteroatoms. The quantitative estimate of drug-likeness (QED) is 0.224. The van der Waals surface area contributed by atoms with Gasteiger partial charge in [0.05, 0.1) is 23.3 Å². The van der Waals surface area contributed by atoms with Crippen LogP contribution in [0.5, 0.6) is 11.5 Å². The molecule has 5 rings (SSSR count). The molecule has 2 aromatic rings. The highest BCUT2D eigenvalue weighted by atomic mass is 127. The number of hydrogen-bond donors (Lipinski definition) is 3. The first-order valence-electron chi connectivity index (χ1n) is 15.0. The van der Waals surface area contributed by atoms with Crippen molar-refractivity contribution in [1.82, 2.24) is 10.2 Å². The van der Waals surface area contributed by atoms with Crippen LogP contribution in [0, 0.1) is 27.1 Å². The number of nitrogens with one attached hydrogen (secondary N) is 1. The van der Waals surface area contributed by atoms with Crippen molar-refractivity contribution in [3.8, 4) is 11.5 Å². The van der Waals surface area contributed by atoms with Crippen molar-refractivity contribution in [2.75, 3.05) is 20.3 Å². The Hall–Kier alpha value is -3.03. The lowest BCUT2D eigenvalue weighted by molar-refractivity contribution is -0.141. The molecule has 9 nitrogen and oxygen atoms in total. The van der Waals surface area contributed by atoms with Crippen LogP contribution >= 0.6 is 22.6 Å². The molecule has 3 aliphatic rings. The number of ether oxygens (including phenoxy) is 2. The van der Waals surface area contributed by atoms with Crippen LogP contribution in [0.2, 0.25) is 0 Å². The number of rotatable bonds is 12. The number of aliphatic hydroxyl groups is 2. The van der Waals surface area contributed by atoms with Gasteiger partial charge in [-0.2, -0.15) is 0 Å². The molecule has 0 aromatic heterocycles. The first-order chi connectivity index (χ1) is 21.2. The minimum atomic E-state index is -1.24. The van der Waals surface area contributed by atoms with Crippen LogP contribution in [0.25, 0.3) is 0 Å². The highest BCUT2D eigenvalue weighted by Crippen LogP contribution is 2.50. The van der Waals surface area contributed by atoms with Gasteiger partial charge in [-0.25, -0.2) is 4.39 Å². The summed E-state index contributed by atoms with van der Waals surface area (Å²) in [6.07, 6.45) is 4.84. The summed E-state index contributed by atoms with van der Waals surface area (Å²) < 4.78 is 26.1. The topological polar surface area (TPSA) is 125 Å². The van der Waals surface area contributed by atoms with Gasteiger partial charge >= 0.3 is 0 Å². The van der Waals surface area contributed by atoms with E-state index in [4.69, 9.17) is 9.47 Å². The van der Waals surface area contributed by atoms with Gasteiger partial charge in [-0.1, -0.05) is 18.6 Å². The zero-order valence-corrected chi connectivity index (χ0v) is 26.7. The Morgan fingerprint density at radius 1 is 1.18 bits per heavy atom. The zero-order chi connectivity index (χ0) is 31.4. The lowest BCUT2D eigenvalue weighted by Gasteiger charge is -2.41. The lowest BCUT2D eigenvalue weighted by Crippen LogP contribution is -2.55. The van der Waals surface area contributed by atoms with Crippen molar-refractivity contribution in [3.05, 3.63) is 68.6 Å². The fourth-order valence-corrected chi connectivity index (χ4v) is 7.74. The average molecular weight is 721 g/mol. The van der Waals surface area contributed by atoms with E-state index >= 15 is 0 Å². The third kappa shape index (κ3) is 7.26. The number of fused-ring (bicyclic) bond motifs is 2. The van der Waals surface area contributed by atoms with Crippen molar-refractivity contribution in [2.45, 2.75) is 63.3 Å². The first kappa shape index (κ1) is 32.4. The molecule has 0 aliphatic heterocycles. The van der Waals surface area contributed by atoms with Crippen molar-refractivity contribution >= 4 is 40.7 Å². The van der Waals surface area contributed by atoms with Gasteiger partial charge in [0.15, 0.2) is 11.5 Å². The smallest absolute Gasteiger partial charge is 0.247 e. The van der Waals surface area contributed by atoms with Crippen LogP contribution in [-0.4, -0.2) is 71.7 Å². The van der Waals surface area contributed by atoms with Gasteiger partial charge in [-0.3, -0.25) is 14.4 Å². The van der Waals surface area contributed by atoms with Crippen LogP contribution in [-0.2, 0) is 16.1 Å². The van der Waals surface area contributed by atoms with Crippen molar-refractivity contribution < 1.29 is 38.5 Å². The van der Waals surface area contributed by atoms with E-state index < -0.39 is 30.0 Å². The third-order valence-corrected chi connectivity index (χ3v) is 9.97. The maximum absolute atomic E-state index is 14.1. The number of aliphatic hydroxyl groups excluding tert-OH is 2. The molecule has 0 saturated heterocycles. The SMILES string of the molecule is COc1cc(C=O)cc(I)c1OC1C=C(C(=O)NCCO)CC(N(Cc2ccc(F)cc2)C(=O)CC2CC3CCC2C3)C1O. The van der Waals surface area contributed by atoms with E-state index in [0.717, 1.165) is 19.3 Å². The molecular formula is C33H38FIN2O7. The van der Waals surface area contributed by atoms with E-state index in [1.807, 2.05) is 22.6 Å². The molecule has 6 atom stereocenters. The number of methoxy groups -OCH3 is 1. The summed E-state index contributed by atoms with van der Waals surface area (Å²) >= 11 is 2.01. The second-order valence-corrected chi connectivity index (χ2v) is 13.1. The van der Waals surface area contributed by atoms with Gasteiger partial charge in [-0.05, 0) is 95.5 Å². The van der Waals surface area contributed by atoms with E-state index in [9.17, 15) is 29.0 Å². The summed E-state index contributed by atoms with van der Waals surface area (Å²) in [5.41, 5.74) is 1.38. The Morgan fingerprint density at radius 2 is 1.95 bits per heavy atom. The van der Waals surface area contributed by atoms with E-state index in [0.29, 0.717) is 44.8 Å². The number of halogens is 2. The molecule has 2 aromatic carbocycles. The van der Waals surface area contributed by atoms with Gasteiger partial charge in [0.2, 0.25) is 11.8 Å². The van der Waals surface area contributed by atoms with Crippen molar-refractivity contribution in [3.63, 3.8) is 0 Å². The van der Waals surface area contributed by atoms with Crippen LogP contribution < -0.4 is 14.8 Å². The largest absolute Gasteiger partial charge is 0.493 e. The number of aldehydes is 1. The number of benzene rings is 2. The van der Waals surface area contributed by atoms with Gasteiger partial charge in [0.25, 0.3) is 0 Å². The van der Waals surface area contributed by atoms with Gasteiger partial charge in [-0.15, -0.1) is 0 Å². The van der Waals surface area contributed by atoms with E-state index in [1.165, 1.54) is 37.8 Å². The second kappa shape index (κ2) is 14.4. The minimum Gasteiger partial charge on any atom is -0.493 e. The minimum absolute atomic E-state index is 0.0380. The predicted octanol–water partition coefficient (Wildman–Crippen LogP) is 4.02. The molecule has 2 amide bonds. The van der Waals surface area contributed by atoms with E-state index in [2.05, 4.69) is 5.32 Å². The molecule has 0 radical (unpaired) electrons. The molecule has 236 valence electrons. The van der Waals surface area contributed by atoms with Gasteiger partial charge < -0.3 is 29.9 Å². The van der Waals surface area contributed by atoms with E-state index in [1.54, 1.807) is 23.1 Å². The Morgan fingerprint density at radius 3 is 2.59 bits per heavy atom. The molecule has 3 N–H and O–H groups in total. The number of amides is 2. The molecule has 0 spiro atoms. The first-order valence-corrected chi connectivity index (χ1v) is 16.1. The molecule has 3 aliphatic carbocycles. The van der Waals surface area contributed by atoms with Crippen molar-refractivity contribution in [1.29, 1.82) is 0 Å². The Labute approximate surface area is 269 Å². The maximum atomic E-state index is 14.1. The number of nitrogens with zero attached hydrogens (tertiary/aromatic N) is 1. The molecule has 0 heterocycles. The summed E-state index contributed by atoms with van der Waals surface area (Å²) in [7, 11) is 1.44. The fourth-order valence-electron chi connectivity index (χ4n) is 6.98. The maximum Gasteiger partial charge on any atom is 0.247 e. The number of carbonyl (C=O) groups is 3. The highest BCUT2D eigenvalue weighted by Gasteiger charge is 2.44. The van der Waals surface area contributed by atoms with Crippen molar-refractivity contribution in [2.24, 2.45) is 17.8 Å². The zero-order valence-electron chi connectivity index (χ0n) is 24.6. The molecule has 6 unspecified atom stereocenters.